The van der Waals surface area contributed by atoms with Crippen molar-refractivity contribution in [2.75, 3.05) is 18.9 Å². The Bertz CT molecular complexity index is 554. The summed E-state index contributed by atoms with van der Waals surface area (Å²) in [6.45, 7) is 3.61. The monoisotopic (exact) mass is 259 g/mol. The first-order chi connectivity index (χ1) is 9.24. The number of nitrogens with two attached hydrogens (primary N) is 1. The first kappa shape index (κ1) is 12.2. The maximum atomic E-state index is 5.98. The molecule has 1 fully saturated rings. The third-order valence-corrected chi connectivity index (χ3v) is 3.48. The van der Waals surface area contributed by atoms with Crippen molar-refractivity contribution >= 4 is 5.69 Å². The molecule has 2 N–H and O–H groups in total. The number of aryl methyl sites for hydroxylation is 1. The molecule has 0 spiro atoms. The fraction of sp³-hybridized carbons (Fsp3) is 0.429. The number of rotatable bonds is 3. The Morgan fingerprint density at radius 2 is 2.32 bits per heavy atom. The van der Waals surface area contributed by atoms with Gasteiger partial charge in [0, 0.05) is 25.3 Å². The highest BCUT2D eigenvalue weighted by molar-refractivity contribution is 5.73. The molecule has 5 nitrogen and oxygen atoms in total. The van der Waals surface area contributed by atoms with Crippen LogP contribution < -0.4 is 5.73 Å². The van der Waals surface area contributed by atoms with Crippen LogP contribution in [0.4, 0.5) is 5.69 Å². The molecule has 1 unspecified atom stereocenters. The summed E-state index contributed by atoms with van der Waals surface area (Å²) in [5, 5.41) is 4.04. The van der Waals surface area contributed by atoms with E-state index in [0.29, 0.717) is 17.5 Å². The molecule has 0 saturated carbocycles. The molecular formula is C14H17N3O2. The maximum absolute atomic E-state index is 5.98. The van der Waals surface area contributed by atoms with Crippen molar-refractivity contribution in [2.24, 2.45) is 5.92 Å². The van der Waals surface area contributed by atoms with Gasteiger partial charge in [0.1, 0.15) is 0 Å². The number of nitrogens with zero attached hydrogens (tertiary/aromatic N) is 2. The molecule has 1 aliphatic rings. The third-order valence-electron chi connectivity index (χ3n) is 3.48. The van der Waals surface area contributed by atoms with Crippen molar-refractivity contribution in [1.29, 1.82) is 0 Å². The Kier molecular flexibility index (Phi) is 3.21. The van der Waals surface area contributed by atoms with Crippen molar-refractivity contribution in [3.05, 3.63) is 29.6 Å². The zero-order valence-corrected chi connectivity index (χ0v) is 10.9. The number of benzene rings is 1. The predicted octanol–water partition coefficient (Wildman–Crippen LogP) is 2.21. The lowest BCUT2D eigenvalue weighted by Gasteiger charge is -2.04. The van der Waals surface area contributed by atoms with Crippen LogP contribution in [0.1, 0.15) is 17.8 Å². The minimum absolute atomic E-state index is 0.500. The Balaban J connectivity index is 1.84. The fourth-order valence-electron chi connectivity index (χ4n) is 2.42. The zero-order valence-electron chi connectivity index (χ0n) is 10.9. The molecule has 1 aromatic carbocycles. The van der Waals surface area contributed by atoms with Crippen LogP contribution in [0.2, 0.25) is 0 Å². The lowest BCUT2D eigenvalue weighted by atomic mass is 10.0. The lowest BCUT2D eigenvalue weighted by molar-refractivity contribution is 0.185. The van der Waals surface area contributed by atoms with Gasteiger partial charge < -0.3 is 15.0 Å². The first-order valence-corrected chi connectivity index (χ1v) is 6.50. The van der Waals surface area contributed by atoms with E-state index < -0.39 is 0 Å². The topological polar surface area (TPSA) is 74.2 Å². The normalized spacial score (nSPS) is 18.9. The van der Waals surface area contributed by atoms with Crippen LogP contribution in [0, 0.1) is 12.8 Å². The summed E-state index contributed by atoms with van der Waals surface area (Å²) in [5.41, 5.74) is 8.52. The molecule has 0 amide bonds. The molecule has 1 saturated heterocycles. The highest BCUT2D eigenvalue weighted by Gasteiger charge is 2.20. The molecule has 5 heteroatoms. The van der Waals surface area contributed by atoms with Crippen LogP contribution in [0.3, 0.4) is 0 Å². The van der Waals surface area contributed by atoms with Crippen molar-refractivity contribution in [2.45, 2.75) is 19.8 Å². The van der Waals surface area contributed by atoms with E-state index in [1.165, 1.54) is 0 Å². The molecule has 0 aliphatic carbocycles. The van der Waals surface area contributed by atoms with Gasteiger partial charge in [0.05, 0.1) is 5.56 Å². The Morgan fingerprint density at radius 3 is 3.05 bits per heavy atom. The van der Waals surface area contributed by atoms with Gasteiger partial charge in [-0.3, -0.25) is 0 Å². The minimum atomic E-state index is 0.500. The van der Waals surface area contributed by atoms with Gasteiger partial charge in [-0.15, -0.1) is 0 Å². The van der Waals surface area contributed by atoms with Gasteiger partial charge in [0.2, 0.25) is 0 Å². The van der Waals surface area contributed by atoms with Crippen molar-refractivity contribution in [3.63, 3.8) is 0 Å². The summed E-state index contributed by atoms with van der Waals surface area (Å²) >= 11 is 0. The number of nitrogen functional groups attached to an aromatic ring is 1. The van der Waals surface area contributed by atoms with Crippen LogP contribution in [-0.2, 0) is 11.2 Å². The summed E-state index contributed by atoms with van der Waals surface area (Å²) in [6, 6.07) is 5.75. The largest absolute Gasteiger partial charge is 0.398 e. The average Bonchev–Trinajstić information content (AvgIpc) is 3.02. The molecule has 1 atom stereocenters. The fourth-order valence-corrected chi connectivity index (χ4v) is 2.42. The summed E-state index contributed by atoms with van der Waals surface area (Å²) < 4.78 is 10.7. The van der Waals surface area contributed by atoms with Gasteiger partial charge >= 0.3 is 0 Å². The van der Waals surface area contributed by atoms with Gasteiger partial charge in [-0.1, -0.05) is 17.3 Å². The van der Waals surface area contributed by atoms with Crippen LogP contribution in [0.5, 0.6) is 0 Å². The molecule has 1 aromatic heterocycles. The van der Waals surface area contributed by atoms with Gasteiger partial charge in [-0.05, 0) is 30.9 Å². The number of aromatic nitrogens is 2. The van der Waals surface area contributed by atoms with E-state index in [1.54, 1.807) is 0 Å². The van der Waals surface area contributed by atoms with Gasteiger partial charge in [-0.2, -0.15) is 4.98 Å². The smallest absolute Gasteiger partial charge is 0.260 e. The number of hydrogen-bond donors (Lipinski definition) is 1. The van der Waals surface area contributed by atoms with E-state index >= 15 is 0 Å². The SMILES string of the molecule is Cc1cccc(N)c1-c1nc(CC2CCOC2)no1. The van der Waals surface area contributed by atoms with Gasteiger partial charge in [-0.25, -0.2) is 0 Å². The van der Waals surface area contributed by atoms with E-state index in [4.69, 9.17) is 15.0 Å². The van der Waals surface area contributed by atoms with Crippen LogP contribution in [0.25, 0.3) is 11.5 Å². The number of hydrogen-bond acceptors (Lipinski definition) is 5. The number of ether oxygens (including phenoxy) is 1. The standard InChI is InChI=1S/C14H17N3O2/c1-9-3-2-4-11(15)13(9)14-16-12(17-19-14)7-10-5-6-18-8-10/h2-4,10H,5-8,15H2,1H3. The van der Waals surface area contributed by atoms with E-state index in [2.05, 4.69) is 10.1 Å². The van der Waals surface area contributed by atoms with Gasteiger partial charge in [0.15, 0.2) is 5.82 Å². The zero-order chi connectivity index (χ0) is 13.2. The highest BCUT2D eigenvalue weighted by atomic mass is 16.5. The molecule has 3 rings (SSSR count). The van der Waals surface area contributed by atoms with Crippen LogP contribution >= 0.6 is 0 Å². The van der Waals surface area contributed by atoms with E-state index in [-0.39, 0.29) is 0 Å². The van der Waals surface area contributed by atoms with Crippen molar-refractivity contribution < 1.29 is 9.26 Å². The summed E-state index contributed by atoms with van der Waals surface area (Å²) in [5.74, 6) is 1.73. The molecule has 2 heterocycles. The highest BCUT2D eigenvalue weighted by Crippen LogP contribution is 2.28. The van der Waals surface area contributed by atoms with E-state index in [9.17, 15) is 0 Å². The Hall–Kier alpha value is -1.88. The second kappa shape index (κ2) is 5.01. The quantitative estimate of drug-likeness (QED) is 0.855. The second-order valence-corrected chi connectivity index (χ2v) is 4.99. The first-order valence-electron chi connectivity index (χ1n) is 6.50. The Labute approximate surface area is 111 Å². The predicted molar refractivity (Wildman–Crippen MR) is 71.5 cm³/mol. The van der Waals surface area contributed by atoms with Crippen LogP contribution in [-0.4, -0.2) is 23.4 Å². The molecule has 2 aromatic rings. The van der Waals surface area contributed by atoms with E-state index in [1.807, 2.05) is 25.1 Å². The van der Waals surface area contributed by atoms with Crippen molar-refractivity contribution in [1.82, 2.24) is 10.1 Å². The lowest BCUT2D eigenvalue weighted by Crippen LogP contribution is -2.04. The average molecular weight is 259 g/mol. The summed E-state index contributed by atoms with van der Waals surface area (Å²) in [6.07, 6.45) is 1.87. The second-order valence-electron chi connectivity index (χ2n) is 4.99. The molecule has 0 radical (unpaired) electrons. The molecular weight excluding hydrogens is 242 g/mol. The summed E-state index contributed by atoms with van der Waals surface area (Å²) in [7, 11) is 0. The Morgan fingerprint density at radius 1 is 1.42 bits per heavy atom. The maximum Gasteiger partial charge on any atom is 0.260 e. The minimum Gasteiger partial charge on any atom is -0.398 e. The van der Waals surface area contributed by atoms with Gasteiger partial charge in [0.25, 0.3) is 5.89 Å². The van der Waals surface area contributed by atoms with Crippen LogP contribution in [0.15, 0.2) is 22.7 Å². The third kappa shape index (κ3) is 2.46. The molecule has 100 valence electrons. The van der Waals surface area contributed by atoms with Crippen molar-refractivity contribution in [3.8, 4) is 11.5 Å². The molecule has 19 heavy (non-hydrogen) atoms. The molecule has 1 aliphatic heterocycles. The van der Waals surface area contributed by atoms with E-state index in [0.717, 1.165) is 43.0 Å². The summed E-state index contributed by atoms with van der Waals surface area (Å²) in [4.78, 5) is 4.45. The number of anilines is 1. The molecule has 0 bridgehead atoms.